The summed E-state index contributed by atoms with van der Waals surface area (Å²) in [4.78, 5) is 69.7. The van der Waals surface area contributed by atoms with Gasteiger partial charge in [0.15, 0.2) is 17.9 Å². The van der Waals surface area contributed by atoms with Crippen LogP contribution in [0.15, 0.2) is 84.9 Å². The van der Waals surface area contributed by atoms with Crippen LogP contribution in [-0.4, -0.2) is 67.4 Å². The van der Waals surface area contributed by atoms with Crippen LogP contribution in [0.2, 0.25) is 0 Å². The lowest BCUT2D eigenvalue weighted by Gasteiger charge is -2.22. The van der Waals surface area contributed by atoms with Gasteiger partial charge in [0.25, 0.3) is 0 Å². The molecule has 0 spiro atoms. The SMILES string of the molecule is CCN(CC)c1ccc(C(=O)c2ccccc2C(=O)OC(C)OC(=O)c2ccccc2C(=O)c2ccc(N(CC)CC)cc2C=O)c(O)c1. The number of rotatable bonds is 15. The van der Waals surface area contributed by atoms with E-state index in [4.69, 9.17) is 9.47 Å². The van der Waals surface area contributed by atoms with Gasteiger partial charge in [-0.2, -0.15) is 0 Å². The van der Waals surface area contributed by atoms with Crippen LogP contribution in [0.5, 0.6) is 5.75 Å². The Balaban J connectivity index is 1.52. The van der Waals surface area contributed by atoms with Crippen molar-refractivity contribution >= 4 is 41.2 Å². The van der Waals surface area contributed by atoms with Crippen molar-refractivity contribution in [2.75, 3.05) is 36.0 Å². The molecule has 1 N–H and O–H groups in total. The fourth-order valence-electron chi connectivity index (χ4n) is 5.60. The first-order chi connectivity index (χ1) is 23.6. The Bertz CT molecular complexity index is 1860. The zero-order chi connectivity index (χ0) is 35.7. The van der Waals surface area contributed by atoms with E-state index in [1.165, 1.54) is 43.3 Å². The number of nitrogens with zero attached hydrogens (tertiary/aromatic N) is 2. The van der Waals surface area contributed by atoms with Crippen molar-refractivity contribution in [2.45, 2.75) is 40.9 Å². The molecule has 49 heavy (non-hydrogen) atoms. The maximum absolute atomic E-state index is 13.6. The van der Waals surface area contributed by atoms with E-state index in [0.29, 0.717) is 19.4 Å². The number of esters is 2. The van der Waals surface area contributed by atoms with Gasteiger partial charge in [-0.1, -0.05) is 36.4 Å². The molecule has 1 unspecified atom stereocenters. The topological polar surface area (TPSA) is 131 Å². The van der Waals surface area contributed by atoms with Crippen LogP contribution in [0.4, 0.5) is 11.4 Å². The second-order valence-electron chi connectivity index (χ2n) is 11.1. The van der Waals surface area contributed by atoms with E-state index in [0.717, 1.165) is 24.5 Å². The molecule has 0 heterocycles. The van der Waals surface area contributed by atoms with Gasteiger partial charge in [0.05, 0.1) is 16.7 Å². The molecule has 4 aromatic rings. The van der Waals surface area contributed by atoms with Crippen molar-refractivity contribution in [3.05, 3.63) is 124 Å². The molecule has 254 valence electrons. The minimum atomic E-state index is -1.41. The highest BCUT2D eigenvalue weighted by molar-refractivity contribution is 6.17. The number of phenols is 1. The Kier molecular flexibility index (Phi) is 12.0. The predicted octanol–water partition coefficient (Wildman–Crippen LogP) is 6.72. The molecule has 0 fully saturated rings. The van der Waals surface area contributed by atoms with E-state index in [-0.39, 0.29) is 44.7 Å². The van der Waals surface area contributed by atoms with Crippen LogP contribution in [0.3, 0.4) is 0 Å². The molecule has 0 aliphatic rings. The Morgan fingerprint density at radius 1 is 0.612 bits per heavy atom. The third-order valence-electron chi connectivity index (χ3n) is 8.22. The maximum atomic E-state index is 13.6. The highest BCUT2D eigenvalue weighted by atomic mass is 16.7. The number of anilines is 2. The summed E-state index contributed by atoms with van der Waals surface area (Å²) in [7, 11) is 0. The highest BCUT2D eigenvalue weighted by Crippen LogP contribution is 2.28. The number of aromatic hydroxyl groups is 1. The second-order valence-corrected chi connectivity index (χ2v) is 11.1. The Morgan fingerprint density at radius 3 is 1.45 bits per heavy atom. The summed E-state index contributed by atoms with van der Waals surface area (Å²) < 4.78 is 10.8. The molecule has 10 nitrogen and oxygen atoms in total. The van der Waals surface area contributed by atoms with Gasteiger partial charge >= 0.3 is 11.9 Å². The average Bonchev–Trinajstić information content (AvgIpc) is 3.12. The molecule has 0 aromatic heterocycles. The number of ketones is 2. The maximum Gasteiger partial charge on any atom is 0.341 e. The van der Waals surface area contributed by atoms with Crippen LogP contribution in [0, 0.1) is 0 Å². The van der Waals surface area contributed by atoms with Gasteiger partial charge in [-0.15, -0.1) is 0 Å². The van der Waals surface area contributed by atoms with Gasteiger partial charge in [0, 0.05) is 72.8 Å². The Hall–Kier alpha value is -5.77. The standard InChI is InChI=1S/C39H40N2O8/c1-6-40(7-2)27-18-20-29(26(22-27)24-42)36(44)30-14-10-12-16-32(30)38(46)48-25(5)49-39(47)33-17-13-11-15-31(33)37(45)34-21-19-28(23-35(34)43)41(8-3)9-4/h10-25,43H,6-9H2,1-5H3. The lowest BCUT2D eigenvalue weighted by molar-refractivity contribution is -0.0693. The molecule has 0 bridgehead atoms. The van der Waals surface area contributed by atoms with Crippen molar-refractivity contribution in [1.82, 2.24) is 0 Å². The third-order valence-corrected chi connectivity index (χ3v) is 8.22. The third kappa shape index (κ3) is 8.03. The molecule has 0 radical (unpaired) electrons. The summed E-state index contributed by atoms with van der Waals surface area (Å²) in [6.07, 6.45) is -0.805. The number of carbonyl (C=O) groups is 5. The largest absolute Gasteiger partial charge is 0.507 e. The fourth-order valence-corrected chi connectivity index (χ4v) is 5.60. The number of hydrogen-bond acceptors (Lipinski definition) is 10. The lowest BCUT2D eigenvalue weighted by atomic mass is 9.95. The number of ether oxygens (including phenoxy) is 2. The minimum Gasteiger partial charge on any atom is -0.507 e. The first-order valence-corrected chi connectivity index (χ1v) is 16.2. The Morgan fingerprint density at radius 2 is 1.02 bits per heavy atom. The molecule has 0 saturated heterocycles. The second kappa shape index (κ2) is 16.4. The summed E-state index contributed by atoms with van der Waals surface area (Å²) in [5.41, 5.74) is 1.69. The molecule has 0 amide bonds. The molecule has 4 rings (SSSR count). The quantitative estimate of drug-likeness (QED) is 0.0633. The van der Waals surface area contributed by atoms with Crippen molar-refractivity contribution in [3.63, 3.8) is 0 Å². The Labute approximate surface area is 285 Å². The first-order valence-electron chi connectivity index (χ1n) is 16.2. The fraction of sp³-hybridized carbons (Fsp3) is 0.256. The smallest absolute Gasteiger partial charge is 0.341 e. The van der Waals surface area contributed by atoms with Crippen LogP contribution >= 0.6 is 0 Å². The van der Waals surface area contributed by atoms with Gasteiger partial charge in [-0.3, -0.25) is 14.4 Å². The normalized spacial score (nSPS) is 11.3. The van der Waals surface area contributed by atoms with Crippen LogP contribution in [0.25, 0.3) is 0 Å². The summed E-state index contributed by atoms with van der Waals surface area (Å²) in [5.74, 6) is -3.23. The minimum absolute atomic E-state index is 0.00692. The van der Waals surface area contributed by atoms with Gasteiger partial charge in [0.1, 0.15) is 5.75 Å². The zero-order valence-corrected chi connectivity index (χ0v) is 28.3. The molecule has 0 aliphatic carbocycles. The van der Waals surface area contributed by atoms with Crippen molar-refractivity contribution < 1.29 is 38.6 Å². The van der Waals surface area contributed by atoms with Gasteiger partial charge in [-0.25, -0.2) is 9.59 Å². The van der Waals surface area contributed by atoms with Crippen molar-refractivity contribution in [3.8, 4) is 5.75 Å². The summed E-state index contributed by atoms with van der Waals surface area (Å²) >= 11 is 0. The number of aldehydes is 1. The van der Waals surface area contributed by atoms with E-state index in [2.05, 4.69) is 0 Å². The first kappa shape index (κ1) is 36.1. The van der Waals surface area contributed by atoms with Crippen LogP contribution in [0.1, 0.15) is 97.5 Å². The van der Waals surface area contributed by atoms with E-state index in [9.17, 15) is 29.1 Å². The molecule has 10 heteroatoms. The van der Waals surface area contributed by atoms with E-state index < -0.39 is 29.8 Å². The van der Waals surface area contributed by atoms with E-state index >= 15 is 0 Å². The predicted molar refractivity (Wildman–Crippen MR) is 187 cm³/mol. The molecular formula is C39H40N2O8. The zero-order valence-electron chi connectivity index (χ0n) is 28.3. The highest BCUT2D eigenvalue weighted by Gasteiger charge is 2.26. The summed E-state index contributed by atoms with van der Waals surface area (Å²) in [6.45, 7) is 12.1. The van der Waals surface area contributed by atoms with E-state index in [1.807, 2.05) is 37.5 Å². The number of phenolic OH excluding ortho intramolecular Hbond substituents is 1. The van der Waals surface area contributed by atoms with Gasteiger partial charge in [0.2, 0.25) is 6.29 Å². The van der Waals surface area contributed by atoms with Crippen molar-refractivity contribution in [1.29, 1.82) is 0 Å². The number of carbonyl (C=O) groups excluding carboxylic acids is 5. The van der Waals surface area contributed by atoms with Gasteiger partial charge in [-0.05, 0) is 70.2 Å². The summed E-state index contributed by atoms with van der Waals surface area (Å²) in [6, 6.07) is 21.7. The molecule has 0 saturated carbocycles. The number of hydrogen-bond donors (Lipinski definition) is 1. The van der Waals surface area contributed by atoms with Gasteiger partial charge < -0.3 is 24.4 Å². The number of benzene rings is 4. The van der Waals surface area contributed by atoms with E-state index in [1.54, 1.807) is 48.5 Å². The van der Waals surface area contributed by atoms with Crippen molar-refractivity contribution in [2.24, 2.45) is 0 Å². The molecule has 4 aromatic carbocycles. The van der Waals surface area contributed by atoms with Crippen LogP contribution in [-0.2, 0) is 9.47 Å². The molecular weight excluding hydrogens is 624 g/mol. The lowest BCUT2D eigenvalue weighted by Crippen LogP contribution is -2.24. The average molecular weight is 665 g/mol. The summed E-state index contributed by atoms with van der Waals surface area (Å²) in [5, 5.41) is 10.7. The molecule has 0 aliphatic heterocycles. The molecule has 1 atom stereocenters. The van der Waals surface area contributed by atoms with Crippen LogP contribution < -0.4 is 9.80 Å². The monoisotopic (exact) mass is 664 g/mol.